The number of amides is 1. The van der Waals surface area contributed by atoms with Crippen molar-refractivity contribution >= 4 is 5.91 Å². The molecule has 1 rings (SSSR count). The van der Waals surface area contributed by atoms with Crippen LogP contribution in [-0.2, 0) is 0 Å². The third-order valence-electron chi connectivity index (χ3n) is 3.21. The van der Waals surface area contributed by atoms with Gasteiger partial charge >= 0.3 is 0 Å². The van der Waals surface area contributed by atoms with Gasteiger partial charge in [0.25, 0.3) is 5.91 Å². The molecule has 0 unspecified atom stereocenters. The number of nitrogens with one attached hydrogen (secondary N) is 1. The number of aryl methyl sites for hydroxylation is 1. The Morgan fingerprint density at radius 2 is 2.06 bits per heavy atom. The molecule has 3 nitrogen and oxygen atoms in total. The van der Waals surface area contributed by atoms with Crippen molar-refractivity contribution in [2.75, 3.05) is 0 Å². The smallest absolute Gasteiger partial charge is 0.252 e. The number of benzene rings is 1. The molecule has 0 aliphatic heterocycles. The molecule has 1 aromatic rings. The molecule has 0 heterocycles. The van der Waals surface area contributed by atoms with Crippen LogP contribution in [0.3, 0.4) is 0 Å². The van der Waals surface area contributed by atoms with Gasteiger partial charge in [0.1, 0.15) is 11.4 Å². The number of hydrogen-bond acceptors (Lipinski definition) is 2. The fourth-order valence-corrected chi connectivity index (χ4v) is 1.64. The predicted octanol–water partition coefficient (Wildman–Crippen LogP) is 2.95. The highest BCUT2D eigenvalue weighted by Gasteiger charge is 2.28. The summed E-state index contributed by atoms with van der Waals surface area (Å²) in [5.41, 5.74) is -0.151. The van der Waals surface area contributed by atoms with Crippen LogP contribution in [0, 0.1) is 24.1 Å². The zero-order valence-electron chi connectivity index (χ0n) is 10.9. The van der Waals surface area contributed by atoms with Crippen LogP contribution in [0.25, 0.3) is 0 Å². The lowest BCUT2D eigenvalue weighted by molar-refractivity contribution is 0.0915. The summed E-state index contributed by atoms with van der Waals surface area (Å²) in [6, 6.07) is 6.42. The van der Waals surface area contributed by atoms with Crippen molar-refractivity contribution in [1.82, 2.24) is 5.32 Å². The summed E-state index contributed by atoms with van der Waals surface area (Å²) in [5.74, 6) is -0.836. The van der Waals surface area contributed by atoms with Gasteiger partial charge in [0.05, 0.1) is 6.07 Å². The molecule has 1 N–H and O–H groups in total. The van der Waals surface area contributed by atoms with Crippen LogP contribution in [0.2, 0.25) is 0 Å². The molecule has 18 heavy (non-hydrogen) atoms. The summed E-state index contributed by atoms with van der Waals surface area (Å²) < 4.78 is 13.4. The van der Waals surface area contributed by atoms with Crippen LogP contribution in [0.15, 0.2) is 18.2 Å². The van der Waals surface area contributed by atoms with E-state index in [2.05, 4.69) is 11.4 Å². The fraction of sp³-hybridized carbons (Fsp3) is 0.429. The van der Waals surface area contributed by atoms with Crippen molar-refractivity contribution in [3.05, 3.63) is 35.1 Å². The molecule has 0 atom stereocenters. The van der Waals surface area contributed by atoms with Gasteiger partial charge in [0, 0.05) is 5.56 Å². The molecule has 0 saturated carbocycles. The van der Waals surface area contributed by atoms with Gasteiger partial charge in [-0.15, -0.1) is 0 Å². The Morgan fingerprint density at radius 1 is 1.44 bits per heavy atom. The molecule has 0 spiro atoms. The van der Waals surface area contributed by atoms with Crippen LogP contribution in [0.4, 0.5) is 4.39 Å². The van der Waals surface area contributed by atoms with Crippen LogP contribution in [-0.4, -0.2) is 11.4 Å². The number of carbonyl (C=O) groups is 1. The Balaban J connectivity index is 2.95. The first-order valence-corrected chi connectivity index (χ1v) is 5.98. The zero-order chi connectivity index (χ0) is 13.8. The van der Waals surface area contributed by atoms with E-state index in [0.717, 1.165) is 0 Å². The van der Waals surface area contributed by atoms with E-state index >= 15 is 0 Å². The van der Waals surface area contributed by atoms with Crippen molar-refractivity contribution < 1.29 is 9.18 Å². The van der Waals surface area contributed by atoms with Gasteiger partial charge in [0.15, 0.2) is 0 Å². The Bertz CT molecular complexity index is 487. The minimum absolute atomic E-state index is 0.236. The summed E-state index contributed by atoms with van der Waals surface area (Å²) >= 11 is 0. The Hall–Kier alpha value is -1.89. The lowest BCUT2D eigenvalue weighted by Gasteiger charge is -2.24. The Kier molecular flexibility index (Phi) is 4.43. The number of halogens is 1. The highest BCUT2D eigenvalue weighted by atomic mass is 19.1. The predicted molar refractivity (Wildman–Crippen MR) is 67.5 cm³/mol. The normalized spacial score (nSPS) is 10.8. The van der Waals surface area contributed by atoms with E-state index < -0.39 is 17.3 Å². The average molecular weight is 248 g/mol. The molecular formula is C14H17FN2O. The monoisotopic (exact) mass is 248 g/mol. The summed E-state index contributed by atoms with van der Waals surface area (Å²) in [7, 11) is 0. The summed E-state index contributed by atoms with van der Waals surface area (Å²) in [6.07, 6.45) is 1.03. The molecule has 1 aromatic carbocycles. The largest absolute Gasteiger partial charge is 0.334 e. The van der Waals surface area contributed by atoms with Crippen molar-refractivity contribution in [2.45, 2.75) is 39.2 Å². The molecule has 0 radical (unpaired) electrons. The van der Waals surface area contributed by atoms with Crippen LogP contribution >= 0.6 is 0 Å². The number of hydrogen-bond donors (Lipinski definition) is 1. The second-order valence-electron chi connectivity index (χ2n) is 4.32. The molecule has 0 aromatic heterocycles. The lowest BCUT2D eigenvalue weighted by atomic mass is 9.94. The van der Waals surface area contributed by atoms with E-state index in [1.165, 1.54) is 6.07 Å². The molecule has 0 aliphatic rings. The molecule has 0 bridgehead atoms. The van der Waals surface area contributed by atoms with E-state index in [-0.39, 0.29) is 5.56 Å². The standard InChI is InChI=1S/C14H17FN2O/c1-4-14(5-2,9-16)17-13(18)11-7-6-10(3)12(15)8-11/h6-8H,4-5H2,1-3H3,(H,17,18). The molecule has 4 heteroatoms. The summed E-state index contributed by atoms with van der Waals surface area (Å²) in [6.45, 7) is 5.31. The van der Waals surface area contributed by atoms with Crippen molar-refractivity contribution in [1.29, 1.82) is 5.26 Å². The molecule has 96 valence electrons. The maximum Gasteiger partial charge on any atom is 0.252 e. The van der Waals surface area contributed by atoms with Gasteiger partial charge < -0.3 is 5.32 Å². The highest BCUT2D eigenvalue weighted by molar-refractivity contribution is 5.95. The van der Waals surface area contributed by atoms with Crippen LogP contribution < -0.4 is 5.32 Å². The topological polar surface area (TPSA) is 52.9 Å². The van der Waals surface area contributed by atoms with Crippen molar-refractivity contribution in [2.24, 2.45) is 0 Å². The highest BCUT2D eigenvalue weighted by Crippen LogP contribution is 2.16. The first-order chi connectivity index (χ1) is 8.48. The maximum atomic E-state index is 13.4. The van der Waals surface area contributed by atoms with Gasteiger partial charge in [-0.25, -0.2) is 4.39 Å². The van der Waals surface area contributed by atoms with Gasteiger partial charge in [-0.1, -0.05) is 19.9 Å². The van der Waals surface area contributed by atoms with Gasteiger partial charge in [-0.05, 0) is 37.5 Å². The lowest BCUT2D eigenvalue weighted by Crippen LogP contribution is -2.46. The summed E-state index contributed by atoms with van der Waals surface area (Å²) in [4.78, 5) is 12.0. The van der Waals surface area contributed by atoms with E-state index in [9.17, 15) is 9.18 Å². The number of carbonyl (C=O) groups excluding carboxylic acids is 1. The van der Waals surface area contributed by atoms with E-state index in [1.54, 1.807) is 19.1 Å². The van der Waals surface area contributed by atoms with Crippen molar-refractivity contribution in [3.63, 3.8) is 0 Å². The van der Waals surface area contributed by atoms with E-state index in [0.29, 0.717) is 18.4 Å². The minimum atomic E-state index is -0.877. The number of rotatable bonds is 4. The molecule has 1 amide bonds. The van der Waals surface area contributed by atoms with E-state index in [1.807, 2.05) is 13.8 Å². The van der Waals surface area contributed by atoms with E-state index in [4.69, 9.17) is 5.26 Å². The Labute approximate surface area is 107 Å². The van der Waals surface area contributed by atoms with Gasteiger partial charge in [0.2, 0.25) is 0 Å². The van der Waals surface area contributed by atoms with Crippen LogP contribution in [0.5, 0.6) is 0 Å². The van der Waals surface area contributed by atoms with Gasteiger partial charge in [-0.2, -0.15) is 5.26 Å². The first kappa shape index (κ1) is 14.2. The molecule has 0 saturated heterocycles. The molecular weight excluding hydrogens is 231 g/mol. The zero-order valence-corrected chi connectivity index (χ0v) is 10.9. The maximum absolute atomic E-state index is 13.4. The van der Waals surface area contributed by atoms with Crippen LogP contribution in [0.1, 0.15) is 42.6 Å². The second kappa shape index (κ2) is 5.63. The van der Waals surface area contributed by atoms with Gasteiger partial charge in [-0.3, -0.25) is 4.79 Å². The minimum Gasteiger partial charge on any atom is -0.334 e. The van der Waals surface area contributed by atoms with Crippen molar-refractivity contribution in [3.8, 4) is 6.07 Å². The first-order valence-electron chi connectivity index (χ1n) is 5.98. The second-order valence-corrected chi connectivity index (χ2v) is 4.32. The fourth-order valence-electron chi connectivity index (χ4n) is 1.64. The number of nitrogens with zero attached hydrogens (tertiary/aromatic N) is 1. The number of nitriles is 1. The molecule has 0 fully saturated rings. The Morgan fingerprint density at radius 3 is 2.50 bits per heavy atom. The summed E-state index contributed by atoms with van der Waals surface area (Å²) in [5, 5.41) is 11.8. The SMILES string of the molecule is CCC(C#N)(CC)NC(=O)c1ccc(C)c(F)c1. The molecule has 0 aliphatic carbocycles. The quantitative estimate of drug-likeness (QED) is 0.890. The average Bonchev–Trinajstić information content (AvgIpc) is 2.39. The third kappa shape index (κ3) is 2.86. The third-order valence-corrected chi connectivity index (χ3v) is 3.21.